The molecule has 1 aromatic carbocycles. The molecule has 1 saturated heterocycles. The van der Waals surface area contributed by atoms with E-state index in [2.05, 4.69) is 20.4 Å². The van der Waals surface area contributed by atoms with E-state index in [4.69, 9.17) is 9.84 Å². The van der Waals surface area contributed by atoms with Gasteiger partial charge in [-0.25, -0.2) is 0 Å². The van der Waals surface area contributed by atoms with E-state index < -0.39 is 5.97 Å². The molecule has 1 aromatic heterocycles. The van der Waals surface area contributed by atoms with E-state index in [1.165, 1.54) is 0 Å². The van der Waals surface area contributed by atoms with Crippen molar-refractivity contribution in [2.45, 2.75) is 45.2 Å². The molecule has 2 heterocycles. The number of carboxylic acids is 1. The summed E-state index contributed by atoms with van der Waals surface area (Å²) in [6, 6.07) is 7.21. The molecule has 0 bridgehead atoms. The summed E-state index contributed by atoms with van der Waals surface area (Å²) in [4.78, 5) is 13.2. The Labute approximate surface area is 170 Å². The number of anilines is 1. The number of hydrogen-bond acceptors (Lipinski definition) is 7. The lowest BCUT2D eigenvalue weighted by Crippen LogP contribution is -2.46. The molecule has 3 N–H and O–H groups in total. The number of carboxylic acid groups (broad SMARTS) is 1. The lowest BCUT2D eigenvalue weighted by atomic mass is 10.0. The molecular weight excluding hydrogens is 372 g/mol. The maximum absolute atomic E-state index is 11.0. The van der Waals surface area contributed by atoms with Crippen molar-refractivity contribution in [2.24, 2.45) is 0 Å². The highest BCUT2D eigenvalue weighted by atomic mass is 16.5. The SMILES string of the molecule is COc1ccc(-c2nnc(N[C@@H]3CCCN(C(C)CC(=O)O)C3)cc2C)c(O)c1. The first-order valence-electron chi connectivity index (χ1n) is 9.81. The number of rotatable bonds is 7. The Morgan fingerprint density at radius 3 is 2.83 bits per heavy atom. The molecule has 8 heteroatoms. The largest absolute Gasteiger partial charge is 0.507 e. The molecule has 0 saturated carbocycles. The van der Waals surface area contributed by atoms with Gasteiger partial charge >= 0.3 is 5.97 Å². The minimum absolute atomic E-state index is 0.00495. The number of aromatic hydroxyl groups is 1. The van der Waals surface area contributed by atoms with Crippen LogP contribution in [0.3, 0.4) is 0 Å². The molecule has 0 amide bonds. The van der Waals surface area contributed by atoms with E-state index in [0.717, 1.165) is 31.5 Å². The second-order valence-corrected chi connectivity index (χ2v) is 7.57. The number of ether oxygens (including phenoxy) is 1. The summed E-state index contributed by atoms with van der Waals surface area (Å²) >= 11 is 0. The second kappa shape index (κ2) is 9.09. The first kappa shape index (κ1) is 20.9. The highest BCUT2D eigenvalue weighted by Gasteiger charge is 2.25. The summed E-state index contributed by atoms with van der Waals surface area (Å²) < 4.78 is 5.12. The van der Waals surface area contributed by atoms with Crippen LogP contribution in [-0.4, -0.2) is 63.6 Å². The fourth-order valence-corrected chi connectivity index (χ4v) is 3.78. The van der Waals surface area contributed by atoms with E-state index in [1.54, 1.807) is 25.3 Å². The molecule has 1 unspecified atom stereocenters. The highest BCUT2D eigenvalue weighted by Crippen LogP contribution is 2.33. The van der Waals surface area contributed by atoms with Crippen molar-refractivity contribution in [1.29, 1.82) is 0 Å². The van der Waals surface area contributed by atoms with Crippen LogP contribution in [0.5, 0.6) is 11.5 Å². The maximum atomic E-state index is 11.0. The van der Waals surface area contributed by atoms with Crippen molar-refractivity contribution in [3.8, 4) is 22.8 Å². The van der Waals surface area contributed by atoms with Crippen LogP contribution in [0.2, 0.25) is 0 Å². The number of nitrogens with zero attached hydrogens (tertiary/aromatic N) is 3. The van der Waals surface area contributed by atoms with Crippen LogP contribution in [0, 0.1) is 6.92 Å². The normalized spacial score (nSPS) is 18.2. The van der Waals surface area contributed by atoms with Crippen molar-refractivity contribution in [3.63, 3.8) is 0 Å². The highest BCUT2D eigenvalue weighted by molar-refractivity contribution is 5.71. The summed E-state index contributed by atoms with van der Waals surface area (Å²) in [6.45, 7) is 5.57. The van der Waals surface area contributed by atoms with Gasteiger partial charge in [-0.1, -0.05) is 0 Å². The van der Waals surface area contributed by atoms with Crippen LogP contribution in [0.1, 0.15) is 31.7 Å². The van der Waals surface area contributed by atoms with Crippen molar-refractivity contribution < 1.29 is 19.7 Å². The summed E-state index contributed by atoms with van der Waals surface area (Å²) in [5.41, 5.74) is 2.12. The summed E-state index contributed by atoms with van der Waals surface area (Å²) in [6.07, 6.45) is 2.15. The molecule has 2 atom stereocenters. The monoisotopic (exact) mass is 400 g/mol. The van der Waals surface area contributed by atoms with Gasteiger partial charge in [-0.2, -0.15) is 0 Å². The number of benzene rings is 1. The number of phenolic OH excluding ortho intramolecular Hbond substituents is 1. The standard InChI is InChI=1S/C21H28N4O4/c1-13-9-19(22-15-5-4-8-25(12-15)14(2)10-20(27)28)23-24-21(13)17-7-6-16(29-3)11-18(17)26/h6-7,9,11,14-15,26H,4-5,8,10,12H2,1-3H3,(H,22,23)(H,27,28)/t14?,15-/m1/s1. The zero-order valence-electron chi connectivity index (χ0n) is 17.1. The smallest absolute Gasteiger partial charge is 0.304 e. The number of methoxy groups -OCH3 is 1. The first-order valence-corrected chi connectivity index (χ1v) is 9.81. The fraction of sp³-hybridized carbons (Fsp3) is 0.476. The molecule has 0 aliphatic carbocycles. The number of aryl methyl sites for hydroxylation is 1. The Morgan fingerprint density at radius 1 is 1.38 bits per heavy atom. The van der Waals surface area contributed by atoms with Crippen molar-refractivity contribution in [1.82, 2.24) is 15.1 Å². The number of piperidine rings is 1. The molecule has 1 fully saturated rings. The van der Waals surface area contributed by atoms with E-state index in [9.17, 15) is 9.90 Å². The van der Waals surface area contributed by atoms with Crippen LogP contribution < -0.4 is 10.1 Å². The molecule has 1 aliphatic rings. The second-order valence-electron chi connectivity index (χ2n) is 7.57. The van der Waals surface area contributed by atoms with Crippen molar-refractivity contribution >= 4 is 11.8 Å². The molecule has 29 heavy (non-hydrogen) atoms. The molecule has 8 nitrogen and oxygen atoms in total. The third-order valence-electron chi connectivity index (χ3n) is 5.34. The number of aromatic nitrogens is 2. The lowest BCUT2D eigenvalue weighted by Gasteiger charge is -2.36. The number of nitrogens with one attached hydrogen (secondary N) is 1. The van der Waals surface area contributed by atoms with Crippen LogP contribution in [0.25, 0.3) is 11.3 Å². The molecular formula is C21H28N4O4. The van der Waals surface area contributed by atoms with Gasteiger partial charge in [0.1, 0.15) is 17.3 Å². The maximum Gasteiger partial charge on any atom is 0.304 e. The van der Waals surface area contributed by atoms with Gasteiger partial charge < -0.3 is 20.3 Å². The third kappa shape index (κ3) is 5.14. The number of phenols is 1. The van der Waals surface area contributed by atoms with Gasteiger partial charge in [-0.05, 0) is 57.0 Å². The van der Waals surface area contributed by atoms with Crippen molar-refractivity contribution in [2.75, 3.05) is 25.5 Å². The summed E-state index contributed by atoms with van der Waals surface area (Å²) in [5.74, 6) is 0.579. The molecule has 2 aromatic rings. The van der Waals surface area contributed by atoms with Crippen LogP contribution in [0.15, 0.2) is 24.3 Å². The van der Waals surface area contributed by atoms with Gasteiger partial charge in [0, 0.05) is 30.3 Å². The molecule has 1 aliphatic heterocycles. The van der Waals surface area contributed by atoms with Crippen molar-refractivity contribution in [3.05, 3.63) is 29.8 Å². The van der Waals surface area contributed by atoms with E-state index >= 15 is 0 Å². The minimum atomic E-state index is -0.772. The Morgan fingerprint density at radius 2 is 2.17 bits per heavy atom. The topological polar surface area (TPSA) is 108 Å². The predicted molar refractivity (Wildman–Crippen MR) is 110 cm³/mol. The third-order valence-corrected chi connectivity index (χ3v) is 5.34. The molecule has 0 spiro atoms. The number of hydrogen-bond donors (Lipinski definition) is 3. The average Bonchev–Trinajstić information content (AvgIpc) is 2.68. The average molecular weight is 400 g/mol. The minimum Gasteiger partial charge on any atom is -0.507 e. The van der Waals surface area contributed by atoms with Crippen LogP contribution in [0.4, 0.5) is 5.82 Å². The number of likely N-dealkylation sites (tertiary alicyclic amines) is 1. The number of aliphatic carboxylic acids is 1. The quantitative estimate of drug-likeness (QED) is 0.651. The Bertz CT molecular complexity index is 874. The van der Waals surface area contributed by atoms with Gasteiger partial charge in [0.15, 0.2) is 0 Å². The number of carbonyl (C=O) groups is 1. The zero-order chi connectivity index (χ0) is 21.0. The Hall–Kier alpha value is -2.87. The molecule has 3 rings (SSSR count). The van der Waals surface area contributed by atoms with Gasteiger partial charge in [-0.3, -0.25) is 9.69 Å². The van der Waals surface area contributed by atoms with Gasteiger partial charge in [0.05, 0.1) is 19.2 Å². The van der Waals surface area contributed by atoms with Crippen LogP contribution >= 0.6 is 0 Å². The van der Waals surface area contributed by atoms with Crippen LogP contribution in [-0.2, 0) is 4.79 Å². The van der Waals surface area contributed by atoms with E-state index in [1.807, 2.05) is 19.9 Å². The van der Waals surface area contributed by atoms with Gasteiger partial charge in [0.2, 0.25) is 0 Å². The lowest BCUT2D eigenvalue weighted by molar-refractivity contribution is -0.138. The van der Waals surface area contributed by atoms with E-state index in [-0.39, 0.29) is 24.3 Å². The van der Waals surface area contributed by atoms with Gasteiger partial charge in [-0.15, -0.1) is 10.2 Å². The fourth-order valence-electron chi connectivity index (χ4n) is 3.78. The predicted octanol–water partition coefficient (Wildman–Crippen LogP) is 2.91. The Kier molecular flexibility index (Phi) is 6.53. The van der Waals surface area contributed by atoms with Gasteiger partial charge in [0.25, 0.3) is 0 Å². The van der Waals surface area contributed by atoms with E-state index in [0.29, 0.717) is 22.8 Å². The molecule has 156 valence electrons. The first-order chi connectivity index (χ1) is 13.9. The summed E-state index contributed by atoms with van der Waals surface area (Å²) in [7, 11) is 1.55. The molecule has 0 radical (unpaired) electrons. The Balaban J connectivity index is 1.70. The zero-order valence-corrected chi connectivity index (χ0v) is 17.1. The summed E-state index contributed by atoms with van der Waals surface area (Å²) in [5, 5.41) is 31.3.